The summed E-state index contributed by atoms with van der Waals surface area (Å²) < 4.78 is 7.20. The Labute approximate surface area is 294 Å². The highest BCUT2D eigenvalue weighted by Crippen LogP contribution is 2.39. The van der Waals surface area contributed by atoms with Crippen molar-refractivity contribution in [1.29, 1.82) is 0 Å². The molecule has 0 saturated heterocycles. The third-order valence-electron chi connectivity index (χ3n) is 10.6. The van der Waals surface area contributed by atoms with Crippen molar-refractivity contribution in [3.8, 4) is 28.2 Å². The summed E-state index contributed by atoms with van der Waals surface area (Å²) >= 11 is 0. The fourth-order valence-corrected chi connectivity index (χ4v) is 8.41. The van der Waals surface area contributed by atoms with Gasteiger partial charge in [-0.3, -0.25) is 0 Å². The minimum absolute atomic E-state index is 1.15. The molecule has 0 unspecified atom stereocenters. The predicted molar refractivity (Wildman–Crippen MR) is 215 cm³/mol. The van der Waals surface area contributed by atoms with Gasteiger partial charge in [0.25, 0.3) is 0 Å². The summed E-state index contributed by atoms with van der Waals surface area (Å²) in [6, 6.07) is 68.4. The van der Waals surface area contributed by atoms with Crippen LogP contribution < -0.4 is 0 Å². The second-order valence-corrected chi connectivity index (χ2v) is 13.4. The van der Waals surface area contributed by atoms with Crippen LogP contribution in [0.2, 0.25) is 0 Å². The van der Waals surface area contributed by atoms with E-state index in [0.717, 1.165) is 5.69 Å². The van der Waals surface area contributed by atoms with Gasteiger partial charge in [-0.15, -0.1) is 0 Å². The normalized spacial score (nSPS) is 11.9. The molecule has 0 bridgehead atoms. The van der Waals surface area contributed by atoms with E-state index < -0.39 is 0 Å². The molecule has 51 heavy (non-hydrogen) atoms. The van der Waals surface area contributed by atoms with E-state index in [0.29, 0.717) is 0 Å². The van der Waals surface area contributed by atoms with Crippen molar-refractivity contribution in [1.82, 2.24) is 13.7 Å². The highest BCUT2D eigenvalue weighted by Gasteiger charge is 2.17. The average Bonchev–Trinajstić information content (AvgIpc) is 3.83. The van der Waals surface area contributed by atoms with Gasteiger partial charge < -0.3 is 13.7 Å². The Balaban J connectivity index is 1.09. The Bertz CT molecular complexity index is 3080. The first kappa shape index (κ1) is 28.0. The molecular formula is C48H31N3. The number of fused-ring (bicyclic) bond motifs is 9. The zero-order valence-electron chi connectivity index (χ0n) is 27.7. The molecular weight excluding hydrogens is 619 g/mol. The Kier molecular flexibility index (Phi) is 5.96. The third-order valence-corrected chi connectivity index (χ3v) is 10.6. The van der Waals surface area contributed by atoms with Crippen LogP contribution in [0.3, 0.4) is 0 Å². The summed E-state index contributed by atoms with van der Waals surface area (Å²) in [6.07, 6.45) is 0. The molecule has 11 aromatic rings. The summed E-state index contributed by atoms with van der Waals surface area (Å²) in [7, 11) is 0. The van der Waals surface area contributed by atoms with E-state index in [1.807, 2.05) is 0 Å². The molecule has 0 aliphatic heterocycles. The van der Waals surface area contributed by atoms with Crippen LogP contribution >= 0.6 is 0 Å². The quantitative estimate of drug-likeness (QED) is 0.180. The molecule has 238 valence electrons. The zero-order valence-corrected chi connectivity index (χ0v) is 27.7. The molecule has 3 heterocycles. The fraction of sp³-hybridized carbons (Fsp3) is 0. The molecule has 0 spiro atoms. The van der Waals surface area contributed by atoms with E-state index in [9.17, 15) is 0 Å². The van der Waals surface area contributed by atoms with Crippen LogP contribution in [0.1, 0.15) is 0 Å². The molecule has 11 rings (SSSR count). The first-order valence-electron chi connectivity index (χ1n) is 17.5. The maximum Gasteiger partial charge on any atom is 0.0542 e. The highest BCUT2D eigenvalue weighted by molar-refractivity contribution is 6.13. The molecule has 8 aromatic carbocycles. The summed E-state index contributed by atoms with van der Waals surface area (Å²) in [4.78, 5) is 0. The summed E-state index contributed by atoms with van der Waals surface area (Å²) in [5.41, 5.74) is 13.1. The van der Waals surface area contributed by atoms with Crippen LogP contribution in [0.5, 0.6) is 0 Å². The van der Waals surface area contributed by atoms with Gasteiger partial charge in [0, 0.05) is 49.4 Å². The van der Waals surface area contributed by atoms with Gasteiger partial charge in [-0.05, 0) is 90.0 Å². The molecule has 0 aliphatic rings. The number of rotatable bonds is 4. The third kappa shape index (κ3) is 4.12. The second kappa shape index (κ2) is 10.8. The van der Waals surface area contributed by atoms with Gasteiger partial charge in [0.2, 0.25) is 0 Å². The molecule has 3 heteroatoms. The molecule has 0 aliphatic carbocycles. The molecule has 0 saturated carbocycles. The van der Waals surface area contributed by atoms with Crippen molar-refractivity contribution in [2.75, 3.05) is 0 Å². The molecule has 0 N–H and O–H groups in total. The number of aromatic nitrogens is 3. The van der Waals surface area contributed by atoms with Crippen molar-refractivity contribution in [3.63, 3.8) is 0 Å². The molecule has 3 aromatic heterocycles. The summed E-state index contributed by atoms with van der Waals surface area (Å²) in [6.45, 7) is 0. The van der Waals surface area contributed by atoms with Gasteiger partial charge in [-0.2, -0.15) is 0 Å². The van der Waals surface area contributed by atoms with E-state index >= 15 is 0 Å². The van der Waals surface area contributed by atoms with Crippen molar-refractivity contribution < 1.29 is 0 Å². The number of hydrogen-bond donors (Lipinski definition) is 0. The number of hydrogen-bond acceptors (Lipinski definition) is 0. The van der Waals surface area contributed by atoms with E-state index in [-0.39, 0.29) is 0 Å². The average molecular weight is 650 g/mol. The van der Waals surface area contributed by atoms with Gasteiger partial charge in [-0.1, -0.05) is 109 Å². The fourth-order valence-electron chi connectivity index (χ4n) is 8.41. The lowest BCUT2D eigenvalue weighted by Gasteiger charge is -2.12. The van der Waals surface area contributed by atoms with Crippen LogP contribution in [0.25, 0.3) is 93.6 Å². The molecule has 0 radical (unpaired) electrons. The first-order valence-corrected chi connectivity index (χ1v) is 17.5. The lowest BCUT2D eigenvalue weighted by Crippen LogP contribution is -1.96. The van der Waals surface area contributed by atoms with Crippen LogP contribution in [-0.4, -0.2) is 13.7 Å². The lowest BCUT2D eigenvalue weighted by atomic mass is 10.0. The highest BCUT2D eigenvalue weighted by atomic mass is 15.0. The zero-order chi connectivity index (χ0) is 33.5. The minimum Gasteiger partial charge on any atom is -0.309 e. The standard InChI is InChI=1S/C48H31N3/c1-2-14-34(15-3-1)49-45-23-10-6-19-39(45)41-30-33(25-27-47(41)49)32-13-12-16-35(29-32)50-46-24-11-7-20-40(46)42-31-36(26-28-48(42)50)51-43-21-8-4-17-37(43)38-18-5-9-22-44(38)51/h1-31H. The van der Waals surface area contributed by atoms with Gasteiger partial charge in [-0.25, -0.2) is 0 Å². The lowest BCUT2D eigenvalue weighted by molar-refractivity contribution is 1.17. The Morgan fingerprint density at radius 3 is 1.20 bits per heavy atom. The molecule has 0 fully saturated rings. The number of para-hydroxylation sites is 5. The van der Waals surface area contributed by atoms with Crippen molar-refractivity contribution >= 4 is 65.4 Å². The van der Waals surface area contributed by atoms with E-state index in [4.69, 9.17) is 0 Å². The van der Waals surface area contributed by atoms with Crippen LogP contribution in [0, 0.1) is 0 Å². The van der Waals surface area contributed by atoms with E-state index in [1.165, 1.54) is 87.9 Å². The maximum absolute atomic E-state index is 2.42. The molecule has 0 amide bonds. The minimum atomic E-state index is 1.15. The number of nitrogens with zero attached hydrogens (tertiary/aromatic N) is 3. The Hall–Kier alpha value is -6.84. The Morgan fingerprint density at radius 1 is 0.216 bits per heavy atom. The summed E-state index contributed by atoms with van der Waals surface area (Å²) in [5, 5.41) is 7.55. The van der Waals surface area contributed by atoms with Crippen molar-refractivity contribution in [2.45, 2.75) is 0 Å². The van der Waals surface area contributed by atoms with Crippen molar-refractivity contribution in [3.05, 3.63) is 188 Å². The molecule has 0 atom stereocenters. The second-order valence-electron chi connectivity index (χ2n) is 13.4. The smallest absolute Gasteiger partial charge is 0.0542 e. The monoisotopic (exact) mass is 649 g/mol. The van der Waals surface area contributed by atoms with Crippen molar-refractivity contribution in [2.24, 2.45) is 0 Å². The molecule has 3 nitrogen and oxygen atoms in total. The SMILES string of the molecule is c1ccc(-n2c3ccccc3c3cc(-c4cccc(-n5c6ccccc6c6cc(-n7c8ccccc8c8ccccc87)ccc65)c4)ccc32)cc1. The van der Waals surface area contributed by atoms with Crippen LogP contribution in [0.15, 0.2) is 188 Å². The van der Waals surface area contributed by atoms with Gasteiger partial charge in [0.15, 0.2) is 0 Å². The largest absolute Gasteiger partial charge is 0.309 e. The van der Waals surface area contributed by atoms with Crippen LogP contribution in [-0.2, 0) is 0 Å². The predicted octanol–water partition coefficient (Wildman–Crippen LogP) is 12.6. The Morgan fingerprint density at radius 2 is 0.608 bits per heavy atom. The van der Waals surface area contributed by atoms with Gasteiger partial charge >= 0.3 is 0 Å². The maximum atomic E-state index is 2.42. The topological polar surface area (TPSA) is 14.8 Å². The van der Waals surface area contributed by atoms with Gasteiger partial charge in [0.1, 0.15) is 0 Å². The first-order chi connectivity index (χ1) is 25.3. The summed E-state index contributed by atoms with van der Waals surface area (Å²) in [5.74, 6) is 0. The van der Waals surface area contributed by atoms with E-state index in [2.05, 4.69) is 202 Å². The van der Waals surface area contributed by atoms with E-state index in [1.54, 1.807) is 0 Å². The van der Waals surface area contributed by atoms with Crippen LogP contribution in [0.4, 0.5) is 0 Å². The number of benzene rings is 8. The van der Waals surface area contributed by atoms with Gasteiger partial charge in [0.05, 0.1) is 33.1 Å².